The van der Waals surface area contributed by atoms with Crippen LogP contribution in [0.2, 0.25) is 0 Å². The van der Waals surface area contributed by atoms with Crippen LogP contribution in [-0.4, -0.2) is 18.1 Å². The van der Waals surface area contributed by atoms with Crippen molar-refractivity contribution in [2.45, 2.75) is 12.0 Å². The molecule has 1 heterocycles. The first-order valence-electron chi connectivity index (χ1n) is 4.92. The molecule has 4 heteroatoms. The lowest BCUT2D eigenvalue weighted by Crippen LogP contribution is -2.38. The summed E-state index contributed by atoms with van der Waals surface area (Å²) in [6.07, 6.45) is 1.78. The first kappa shape index (κ1) is 11.4. The lowest BCUT2D eigenvalue weighted by atomic mass is 9.92. The third-order valence-corrected chi connectivity index (χ3v) is 3.36. The Morgan fingerprint density at radius 2 is 2.31 bits per heavy atom. The summed E-state index contributed by atoms with van der Waals surface area (Å²) in [5, 5.41) is 10.4. The lowest BCUT2D eigenvalue weighted by molar-refractivity contribution is -0.135. The number of rotatable bonds is 2. The van der Waals surface area contributed by atoms with E-state index in [1.165, 1.54) is 4.90 Å². The van der Waals surface area contributed by atoms with Crippen LogP contribution in [-0.2, 0) is 10.4 Å². The third kappa shape index (κ3) is 1.41. The Kier molecular flexibility index (Phi) is 2.64. The molecule has 0 aliphatic carbocycles. The third-order valence-electron chi connectivity index (χ3n) is 2.86. The number of likely N-dealkylation sites (N-methyl/N-ethyl adjacent to an activating group) is 1. The van der Waals surface area contributed by atoms with Gasteiger partial charge in [0.05, 0.1) is 5.69 Å². The summed E-state index contributed by atoms with van der Waals surface area (Å²) in [7, 11) is 1.66. The molecule has 0 saturated carbocycles. The first-order valence-corrected chi connectivity index (χ1v) is 5.71. The summed E-state index contributed by atoms with van der Waals surface area (Å²) in [5.41, 5.74) is -0.0814. The molecule has 3 nitrogen and oxygen atoms in total. The number of fused-ring (bicyclic) bond motifs is 1. The molecule has 0 saturated heterocycles. The summed E-state index contributed by atoms with van der Waals surface area (Å²) in [4.78, 5) is 13.5. The number of benzene rings is 1. The quantitative estimate of drug-likeness (QED) is 0.845. The minimum Gasteiger partial charge on any atom is -0.375 e. The molecule has 0 aromatic heterocycles. The highest BCUT2D eigenvalue weighted by Crippen LogP contribution is 2.42. The minimum atomic E-state index is -1.46. The number of hydrogen-bond acceptors (Lipinski definition) is 2. The number of amides is 1. The lowest BCUT2D eigenvalue weighted by Gasteiger charge is -2.19. The van der Waals surface area contributed by atoms with Crippen LogP contribution < -0.4 is 4.90 Å². The van der Waals surface area contributed by atoms with Crippen LogP contribution in [0.3, 0.4) is 0 Å². The molecule has 1 aromatic rings. The van der Waals surface area contributed by atoms with E-state index >= 15 is 0 Å². The maximum Gasteiger partial charge on any atom is 0.263 e. The molecule has 16 heavy (non-hydrogen) atoms. The van der Waals surface area contributed by atoms with Gasteiger partial charge in [-0.15, -0.1) is 6.58 Å². The van der Waals surface area contributed by atoms with Crippen LogP contribution in [0.1, 0.15) is 12.0 Å². The molecule has 1 aromatic carbocycles. The number of carbonyl (C=O) groups is 1. The fraction of sp³-hybridized carbons (Fsp3) is 0.250. The van der Waals surface area contributed by atoms with Crippen LogP contribution in [0, 0.1) is 0 Å². The van der Waals surface area contributed by atoms with E-state index < -0.39 is 5.60 Å². The van der Waals surface area contributed by atoms with E-state index in [2.05, 4.69) is 22.5 Å². The summed E-state index contributed by atoms with van der Waals surface area (Å²) in [5.74, 6) is -0.305. The van der Waals surface area contributed by atoms with Gasteiger partial charge in [0, 0.05) is 23.5 Å². The average Bonchev–Trinajstić information content (AvgIpc) is 2.42. The highest BCUT2D eigenvalue weighted by molar-refractivity contribution is 9.10. The molecule has 1 N–H and O–H groups in total. The maximum atomic E-state index is 12.0. The largest absolute Gasteiger partial charge is 0.375 e. The van der Waals surface area contributed by atoms with Gasteiger partial charge in [-0.1, -0.05) is 22.0 Å². The second-order valence-electron chi connectivity index (χ2n) is 3.88. The summed E-state index contributed by atoms with van der Waals surface area (Å²) < 4.78 is 0.844. The van der Waals surface area contributed by atoms with E-state index in [1.807, 2.05) is 12.1 Å². The van der Waals surface area contributed by atoms with Crippen molar-refractivity contribution in [3.05, 3.63) is 40.9 Å². The Hall–Kier alpha value is -1.13. The van der Waals surface area contributed by atoms with Crippen LogP contribution in [0.25, 0.3) is 0 Å². The second-order valence-corrected chi connectivity index (χ2v) is 4.79. The highest BCUT2D eigenvalue weighted by atomic mass is 79.9. The van der Waals surface area contributed by atoms with Gasteiger partial charge in [0.25, 0.3) is 5.91 Å². The molecular formula is C12H12BrNO2. The maximum absolute atomic E-state index is 12.0. The second kappa shape index (κ2) is 3.71. The van der Waals surface area contributed by atoms with Gasteiger partial charge in [-0.2, -0.15) is 0 Å². The zero-order valence-corrected chi connectivity index (χ0v) is 10.5. The monoisotopic (exact) mass is 281 g/mol. The smallest absolute Gasteiger partial charge is 0.263 e. The van der Waals surface area contributed by atoms with Crippen molar-refractivity contribution in [2.75, 3.05) is 11.9 Å². The molecule has 1 amide bonds. The molecule has 1 aliphatic rings. The van der Waals surface area contributed by atoms with Crippen molar-refractivity contribution < 1.29 is 9.90 Å². The molecule has 0 radical (unpaired) electrons. The van der Waals surface area contributed by atoms with Crippen molar-refractivity contribution in [1.29, 1.82) is 0 Å². The Morgan fingerprint density at radius 3 is 2.94 bits per heavy atom. The van der Waals surface area contributed by atoms with Gasteiger partial charge < -0.3 is 10.0 Å². The van der Waals surface area contributed by atoms with Crippen LogP contribution in [0.5, 0.6) is 0 Å². The molecule has 0 unspecified atom stereocenters. The van der Waals surface area contributed by atoms with E-state index in [0.29, 0.717) is 5.56 Å². The van der Waals surface area contributed by atoms with Crippen molar-refractivity contribution in [3.63, 3.8) is 0 Å². The normalized spacial score (nSPS) is 23.4. The molecule has 1 atom stereocenters. The Bertz CT molecular complexity index is 472. The van der Waals surface area contributed by atoms with Gasteiger partial charge in [-0.05, 0) is 18.2 Å². The summed E-state index contributed by atoms with van der Waals surface area (Å²) >= 11 is 3.34. The first-order chi connectivity index (χ1) is 7.50. The fourth-order valence-corrected chi connectivity index (χ4v) is 2.40. The van der Waals surface area contributed by atoms with Gasteiger partial charge >= 0.3 is 0 Å². The van der Waals surface area contributed by atoms with Crippen LogP contribution in [0.15, 0.2) is 35.3 Å². The van der Waals surface area contributed by atoms with Crippen molar-refractivity contribution in [2.24, 2.45) is 0 Å². The number of halogens is 1. The zero-order valence-electron chi connectivity index (χ0n) is 8.90. The summed E-state index contributed by atoms with van der Waals surface area (Å²) in [6, 6.07) is 5.45. The van der Waals surface area contributed by atoms with Crippen molar-refractivity contribution in [1.82, 2.24) is 0 Å². The van der Waals surface area contributed by atoms with Gasteiger partial charge in [0.1, 0.15) is 0 Å². The van der Waals surface area contributed by atoms with Crippen LogP contribution in [0.4, 0.5) is 5.69 Å². The SMILES string of the molecule is C=CC[C@]1(O)C(=O)N(C)c2ccc(Br)cc21. The number of hydrogen-bond donors (Lipinski definition) is 1. The number of aliphatic hydroxyl groups is 1. The van der Waals surface area contributed by atoms with Gasteiger partial charge in [-0.3, -0.25) is 4.79 Å². The van der Waals surface area contributed by atoms with E-state index in [0.717, 1.165) is 10.2 Å². The van der Waals surface area contributed by atoms with Crippen molar-refractivity contribution >= 4 is 27.5 Å². The standard InChI is InChI=1S/C12H12BrNO2/c1-3-6-12(16)9-7-8(13)4-5-10(9)14(2)11(12)15/h3-5,7,16H,1,6H2,2H3/t12-/m1/s1. The molecule has 84 valence electrons. The van der Waals surface area contributed by atoms with Crippen LogP contribution >= 0.6 is 15.9 Å². The van der Waals surface area contributed by atoms with Gasteiger partial charge in [0.2, 0.25) is 0 Å². The topological polar surface area (TPSA) is 40.5 Å². The van der Waals surface area contributed by atoms with Gasteiger partial charge in [-0.25, -0.2) is 0 Å². The Balaban J connectivity index is 2.63. The molecule has 0 spiro atoms. The molecular weight excluding hydrogens is 270 g/mol. The van der Waals surface area contributed by atoms with Crippen molar-refractivity contribution in [3.8, 4) is 0 Å². The van der Waals surface area contributed by atoms with E-state index in [9.17, 15) is 9.90 Å². The summed E-state index contributed by atoms with van der Waals surface area (Å²) in [6.45, 7) is 3.58. The minimum absolute atomic E-state index is 0.222. The number of anilines is 1. The Labute approximate surface area is 103 Å². The van der Waals surface area contributed by atoms with E-state index in [-0.39, 0.29) is 12.3 Å². The predicted octanol–water partition coefficient (Wildman–Crippen LogP) is 2.19. The number of carbonyl (C=O) groups excluding carboxylic acids is 1. The fourth-order valence-electron chi connectivity index (χ4n) is 2.04. The molecule has 1 aliphatic heterocycles. The van der Waals surface area contributed by atoms with Gasteiger partial charge in [0.15, 0.2) is 5.60 Å². The number of nitrogens with zero attached hydrogens (tertiary/aromatic N) is 1. The van der Waals surface area contributed by atoms with E-state index in [4.69, 9.17) is 0 Å². The Morgan fingerprint density at radius 1 is 1.62 bits per heavy atom. The highest BCUT2D eigenvalue weighted by Gasteiger charge is 2.47. The average molecular weight is 282 g/mol. The molecule has 0 fully saturated rings. The molecule has 0 bridgehead atoms. The van der Waals surface area contributed by atoms with E-state index in [1.54, 1.807) is 19.2 Å². The zero-order chi connectivity index (χ0) is 11.9. The molecule has 2 rings (SSSR count). The predicted molar refractivity (Wildman–Crippen MR) is 66.3 cm³/mol.